The summed E-state index contributed by atoms with van der Waals surface area (Å²) in [4.78, 5) is 30.9. The van der Waals surface area contributed by atoms with E-state index in [1.807, 2.05) is 48.7 Å². The van der Waals surface area contributed by atoms with E-state index in [0.717, 1.165) is 15.9 Å². The lowest BCUT2D eigenvalue weighted by atomic mass is 10.2. The van der Waals surface area contributed by atoms with Gasteiger partial charge in [0, 0.05) is 29.5 Å². The lowest BCUT2D eigenvalue weighted by Crippen LogP contribution is -2.40. The van der Waals surface area contributed by atoms with Crippen LogP contribution < -0.4 is 20.3 Å². The van der Waals surface area contributed by atoms with Gasteiger partial charge in [-0.1, -0.05) is 40.9 Å². The predicted octanol–water partition coefficient (Wildman–Crippen LogP) is 6.81. The Morgan fingerprint density at radius 1 is 1.11 bits per heavy atom. The standard InChI is InChI=1S/C26H24BrCl2N5O3.ClH/c1-15-6-8-17(9-7-15)32-26(36)30-13-22(35)33(3)20-11-10-19(28)18(23(20)29)14-37-21-5-4-12-34-24(27)16(2)31-25(21)34;/h4-12H,13-14H2,1-3H3,(H2,30,32,36);1H. The molecule has 3 amide bonds. The Bertz CT molecular complexity index is 1480. The molecule has 200 valence electrons. The predicted molar refractivity (Wildman–Crippen MR) is 157 cm³/mol. The second-order valence-electron chi connectivity index (χ2n) is 8.33. The number of ether oxygens (including phenoxy) is 1. The zero-order valence-corrected chi connectivity index (χ0v) is 24.6. The van der Waals surface area contributed by atoms with Gasteiger partial charge in [-0.3, -0.25) is 9.20 Å². The van der Waals surface area contributed by atoms with Crippen LogP contribution in [0.15, 0.2) is 59.3 Å². The van der Waals surface area contributed by atoms with Crippen molar-refractivity contribution >= 4 is 80.5 Å². The molecule has 4 aromatic rings. The fourth-order valence-electron chi connectivity index (χ4n) is 3.59. The molecule has 4 rings (SSSR count). The fourth-order valence-corrected chi connectivity index (χ4v) is 4.57. The topological polar surface area (TPSA) is 88.0 Å². The van der Waals surface area contributed by atoms with Crippen LogP contribution in [0.25, 0.3) is 5.65 Å². The second-order valence-corrected chi connectivity index (χ2v) is 9.86. The van der Waals surface area contributed by atoms with Gasteiger partial charge < -0.3 is 20.3 Å². The van der Waals surface area contributed by atoms with E-state index in [2.05, 4.69) is 31.5 Å². The molecule has 0 spiro atoms. The minimum Gasteiger partial charge on any atom is -0.485 e. The Kier molecular flexibility index (Phi) is 9.89. The van der Waals surface area contributed by atoms with Gasteiger partial charge in [0.25, 0.3) is 0 Å². The van der Waals surface area contributed by atoms with Gasteiger partial charge in [0.1, 0.15) is 11.2 Å². The zero-order chi connectivity index (χ0) is 26.7. The first-order valence-corrected chi connectivity index (χ1v) is 12.8. The van der Waals surface area contributed by atoms with Crippen molar-refractivity contribution in [2.45, 2.75) is 20.5 Å². The third kappa shape index (κ3) is 6.53. The molecule has 0 radical (unpaired) electrons. The quantitative estimate of drug-likeness (QED) is 0.232. The molecule has 0 saturated carbocycles. The smallest absolute Gasteiger partial charge is 0.319 e. The number of urea groups is 1. The zero-order valence-electron chi connectivity index (χ0n) is 20.7. The van der Waals surface area contributed by atoms with Gasteiger partial charge in [-0.25, -0.2) is 9.78 Å². The average Bonchev–Trinajstić information content (AvgIpc) is 3.17. The molecule has 0 aliphatic heterocycles. The largest absolute Gasteiger partial charge is 0.485 e. The summed E-state index contributed by atoms with van der Waals surface area (Å²) in [5, 5.41) is 5.93. The third-order valence-corrected chi connectivity index (χ3v) is 7.43. The highest BCUT2D eigenvalue weighted by molar-refractivity contribution is 9.10. The summed E-state index contributed by atoms with van der Waals surface area (Å²) < 4.78 is 8.75. The van der Waals surface area contributed by atoms with Crippen LogP contribution in [-0.2, 0) is 11.4 Å². The van der Waals surface area contributed by atoms with E-state index < -0.39 is 6.03 Å². The van der Waals surface area contributed by atoms with Crippen LogP contribution in [0, 0.1) is 13.8 Å². The van der Waals surface area contributed by atoms with Gasteiger partial charge in [-0.15, -0.1) is 12.4 Å². The maximum absolute atomic E-state index is 12.8. The van der Waals surface area contributed by atoms with E-state index in [9.17, 15) is 9.59 Å². The average molecular weight is 642 g/mol. The molecular formula is C26H25BrCl3N5O3. The molecular weight excluding hydrogens is 617 g/mol. The number of amides is 3. The van der Waals surface area contributed by atoms with Gasteiger partial charge in [-0.05, 0) is 66.2 Å². The highest BCUT2D eigenvalue weighted by atomic mass is 79.9. The van der Waals surface area contributed by atoms with E-state index in [1.54, 1.807) is 31.3 Å². The van der Waals surface area contributed by atoms with Gasteiger partial charge in [0.2, 0.25) is 5.91 Å². The molecule has 0 unspecified atom stereocenters. The van der Waals surface area contributed by atoms with Crippen molar-refractivity contribution in [2.75, 3.05) is 23.8 Å². The molecule has 2 aromatic heterocycles. The first kappa shape index (κ1) is 29.6. The molecule has 0 bridgehead atoms. The monoisotopic (exact) mass is 639 g/mol. The number of carbonyl (C=O) groups excluding carboxylic acids is 2. The maximum atomic E-state index is 12.8. The van der Waals surface area contributed by atoms with Crippen molar-refractivity contribution in [1.82, 2.24) is 14.7 Å². The van der Waals surface area contributed by atoms with Crippen LogP contribution in [-0.4, -0.2) is 34.9 Å². The van der Waals surface area contributed by atoms with E-state index in [-0.39, 0.29) is 36.5 Å². The Hall–Kier alpha value is -2.98. The number of nitrogens with one attached hydrogen (secondary N) is 2. The number of fused-ring (bicyclic) bond motifs is 1. The molecule has 2 aromatic carbocycles. The van der Waals surface area contributed by atoms with E-state index in [1.165, 1.54) is 4.90 Å². The number of rotatable bonds is 7. The first-order valence-electron chi connectivity index (χ1n) is 11.3. The minimum absolute atomic E-state index is 0. The number of hydrogen-bond donors (Lipinski definition) is 2. The van der Waals surface area contributed by atoms with Crippen molar-refractivity contribution in [1.29, 1.82) is 0 Å². The molecule has 8 nitrogen and oxygen atoms in total. The number of likely N-dealkylation sites (N-methyl/N-ethyl adjacent to an activating group) is 1. The number of benzene rings is 2. The number of aromatic nitrogens is 2. The van der Waals surface area contributed by atoms with Crippen molar-refractivity contribution in [3.05, 3.63) is 86.2 Å². The summed E-state index contributed by atoms with van der Waals surface area (Å²) in [5.74, 6) is 0.194. The first-order chi connectivity index (χ1) is 17.7. The van der Waals surface area contributed by atoms with Gasteiger partial charge in [0.05, 0.1) is 22.9 Å². The van der Waals surface area contributed by atoms with Crippen LogP contribution in [0.3, 0.4) is 0 Å². The maximum Gasteiger partial charge on any atom is 0.319 e. The summed E-state index contributed by atoms with van der Waals surface area (Å²) in [6.45, 7) is 3.69. The summed E-state index contributed by atoms with van der Waals surface area (Å²) in [6.07, 6.45) is 1.88. The lowest BCUT2D eigenvalue weighted by Gasteiger charge is -2.21. The Morgan fingerprint density at radius 3 is 2.53 bits per heavy atom. The van der Waals surface area contributed by atoms with Crippen LogP contribution >= 0.6 is 51.5 Å². The summed E-state index contributed by atoms with van der Waals surface area (Å²) >= 11 is 16.6. The Labute approximate surface area is 244 Å². The second kappa shape index (κ2) is 12.7. The molecule has 0 aliphatic rings. The van der Waals surface area contributed by atoms with Gasteiger partial charge in [-0.2, -0.15) is 0 Å². The molecule has 0 aliphatic carbocycles. The number of pyridine rings is 1. The van der Waals surface area contributed by atoms with Gasteiger partial charge >= 0.3 is 6.03 Å². The highest BCUT2D eigenvalue weighted by Crippen LogP contribution is 2.35. The Morgan fingerprint density at radius 2 is 1.82 bits per heavy atom. The number of halogens is 4. The van der Waals surface area contributed by atoms with Crippen molar-refractivity contribution in [3.8, 4) is 5.75 Å². The molecule has 2 N–H and O–H groups in total. The summed E-state index contributed by atoms with van der Waals surface area (Å²) in [5.41, 5.74) is 4.15. The number of nitrogens with zero attached hydrogens (tertiary/aromatic N) is 3. The van der Waals surface area contributed by atoms with Crippen LogP contribution in [0.4, 0.5) is 16.2 Å². The van der Waals surface area contributed by atoms with Crippen LogP contribution in [0.1, 0.15) is 16.8 Å². The van der Waals surface area contributed by atoms with Gasteiger partial charge in [0.15, 0.2) is 11.4 Å². The summed E-state index contributed by atoms with van der Waals surface area (Å²) in [6, 6.07) is 13.8. The van der Waals surface area contributed by atoms with E-state index in [0.29, 0.717) is 33.4 Å². The van der Waals surface area contributed by atoms with E-state index in [4.69, 9.17) is 27.9 Å². The number of aryl methyl sites for hydroxylation is 2. The van der Waals surface area contributed by atoms with Crippen LogP contribution in [0.2, 0.25) is 10.0 Å². The van der Waals surface area contributed by atoms with E-state index >= 15 is 0 Å². The normalized spacial score (nSPS) is 10.6. The number of anilines is 2. The number of hydrogen-bond acceptors (Lipinski definition) is 4. The number of carbonyl (C=O) groups is 2. The molecule has 2 heterocycles. The third-order valence-electron chi connectivity index (χ3n) is 5.70. The molecule has 12 heteroatoms. The molecule has 38 heavy (non-hydrogen) atoms. The summed E-state index contributed by atoms with van der Waals surface area (Å²) in [7, 11) is 1.58. The highest BCUT2D eigenvalue weighted by Gasteiger charge is 2.20. The molecule has 0 fully saturated rings. The van der Waals surface area contributed by atoms with Crippen LogP contribution in [0.5, 0.6) is 5.75 Å². The van der Waals surface area contributed by atoms with Crippen molar-refractivity contribution < 1.29 is 14.3 Å². The number of imidazole rings is 1. The van der Waals surface area contributed by atoms with Crippen molar-refractivity contribution in [3.63, 3.8) is 0 Å². The lowest BCUT2D eigenvalue weighted by molar-refractivity contribution is -0.117. The molecule has 0 atom stereocenters. The molecule has 0 saturated heterocycles. The SMILES string of the molecule is Cc1ccc(NC(=O)NCC(=O)N(C)c2ccc(Cl)c(COc3cccn4c(Br)c(C)nc34)c2Cl)cc1.Cl. The minimum atomic E-state index is -0.489. The van der Waals surface area contributed by atoms with Crippen molar-refractivity contribution in [2.24, 2.45) is 0 Å². The fraction of sp³-hybridized carbons (Fsp3) is 0.192. The Balaban J connectivity index is 0.00000400.